The maximum Gasteiger partial charge on any atom is 0.272 e. The summed E-state index contributed by atoms with van der Waals surface area (Å²) in [4.78, 5) is 13.0. The lowest BCUT2D eigenvalue weighted by atomic mass is 10.1. The standard InChI is InChI=1S/C21H29N7O/c1-14(2)11-28-19-9-15(16-10-23-26(4)12-16)5-6-18(19)20(25-28)21(29)24-17-7-8-27(13-17)22-3/h5-6,9-10,12,14,17,27H,7-8,11,13H2,1-4H3,(H,24,29)/t17-/m1/s1. The smallest absolute Gasteiger partial charge is 0.272 e. The minimum atomic E-state index is -0.103. The molecule has 8 nitrogen and oxygen atoms in total. The van der Waals surface area contributed by atoms with E-state index < -0.39 is 0 Å². The highest BCUT2D eigenvalue weighted by Crippen LogP contribution is 2.27. The Balaban J connectivity index is 1.67. The molecular formula is C21H29N7O. The third-order valence-electron chi connectivity index (χ3n) is 5.46. The Kier molecular flexibility index (Phi) is 5.38. The molecule has 0 spiro atoms. The highest BCUT2D eigenvalue weighted by Gasteiger charge is 2.26. The number of amides is 1. The molecule has 1 unspecified atom stereocenters. The van der Waals surface area contributed by atoms with E-state index in [9.17, 15) is 4.79 Å². The first-order chi connectivity index (χ1) is 13.9. The molecule has 1 fully saturated rings. The Hall–Kier alpha value is -2.71. The van der Waals surface area contributed by atoms with Crippen molar-refractivity contribution in [2.75, 3.05) is 20.1 Å². The maximum absolute atomic E-state index is 13.0. The van der Waals surface area contributed by atoms with E-state index in [4.69, 9.17) is 5.10 Å². The van der Waals surface area contributed by atoms with Gasteiger partial charge in [0, 0.05) is 37.2 Å². The number of benzene rings is 1. The molecule has 1 aliphatic rings. The zero-order valence-corrected chi connectivity index (χ0v) is 17.5. The number of carbonyl (C=O) groups excluding carboxylic acids is 1. The van der Waals surface area contributed by atoms with Crippen molar-refractivity contribution in [3.8, 4) is 11.1 Å². The van der Waals surface area contributed by atoms with Crippen molar-refractivity contribution in [3.63, 3.8) is 0 Å². The number of aryl methyl sites for hydroxylation is 1. The molecule has 3 aromatic rings. The molecular weight excluding hydrogens is 366 g/mol. The largest absolute Gasteiger partial charge is 0.457 e. The van der Waals surface area contributed by atoms with Crippen LogP contribution in [0.1, 0.15) is 30.8 Å². The maximum atomic E-state index is 13.0. The van der Waals surface area contributed by atoms with E-state index in [1.807, 2.05) is 43.3 Å². The van der Waals surface area contributed by atoms with Crippen molar-refractivity contribution in [1.82, 2.24) is 24.9 Å². The summed E-state index contributed by atoms with van der Waals surface area (Å²) in [7, 11) is 3.73. The van der Waals surface area contributed by atoms with Gasteiger partial charge in [0.25, 0.3) is 5.91 Å². The van der Waals surface area contributed by atoms with Gasteiger partial charge in [-0.3, -0.25) is 14.2 Å². The first kappa shape index (κ1) is 19.6. The lowest BCUT2D eigenvalue weighted by molar-refractivity contribution is -0.848. The van der Waals surface area contributed by atoms with Gasteiger partial charge in [0.1, 0.15) is 0 Å². The second-order valence-electron chi connectivity index (χ2n) is 8.26. The van der Waals surface area contributed by atoms with E-state index in [0.717, 1.165) is 48.1 Å². The van der Waals surface area contributed by atoms with Crippen LogP contribution in [0.2, 0.25) is 0 Å². The van der Waals surface area contributed by atoms with Gasteiger partial charge in [-0.05, 0) is 23.6 Å². The van der Waals surface area contributed by atoms with Crippen molar-refractivity contribution < 1.29 is 9.80 Å². The topological polar surface area (TPSA) is 83.3 Å². The van der Waals surface area contributed by atoms with Crippen molar-refractivity contribution in [1.29, 1.82) is 0 Å². The number of nitrogens with zero attached hydrogens (tertiary/aromatic N) is 5. The Bertz CT molecular complexity index is 1020. The average molecular weight is 396 g/mol. The SMILES string of the molecule is C[N-][NH+]1CC[C@@H](NC(=O)c2nn(CC(C)C)c3cc(-c4cnn(C)c4)ccc23)C1. The molecule has 0 aliphatic carbocycles. The van der Waals surface area contributed by atoms with Gasteiger partial charge in [-0.15, -0.1) is 7.05 Å². The first-order valence-electron chi connectivity index (χ1n) is 10.2. The summed E-state index contributed by atoms with van der Waals surface area (Å²) in [6.07, 6.45) is 4.78. The van der Waals surface area contributed by atoms with Gasteiger partial charge >= 0.3 is 0 Å². The van der Waals surface area contributed by atoms with Crippen LogP contribution < -0.4 is 10.3 Å². The van der Waals surface area contributed by atoms with E-state index in [1.54, 1.807) is 4.68 Å². The Morgan fingerprint density at radius 3 is 2.86 bits per heavy atom. The van der Waals surface area contributed by atoms with Gasteiger partial charge in [0.15, 0.2) is 5.69 Å². The molecule has 0 bridgehead atoms. The van der Waals surface area contributed by atoms with Crippen molar-refractivity contribution in [2.45, 2.75) is 32.9 Å². The summed E-state index contributed by atoms with van der Waals surface area (Å²) in [5.41, 5.74) is 7.89. The van der Waals surface area contributed by atoms with Crippen LogP contribution in [0.3, 0.4) is 0 Å². The third-order valence-corrected chi connectivity index (χ3v) is 5.46. The number of hydrogen-bond donors (Lipinski definition) is 2. The van der Waals surface area contributed by atoms with Crippen LogP contribution >= 0.6 is 0 Å². The number of aromatic nitrogens is 4. The first-order valence-corrected chi connectivity index (χ1v) is 10.2. The zero-order chi connectivity index (χ0) is 20.5. The highest BCUT2D eigenvalue weighted by atomic mass is 16.2. The second kappa shape index (κ2) is 7.96. The van der Waals surface area contributed by atoms with Crippen molar-refractivity contribution >= 4 is 16.8 Å². The van der Waals surface area contributed by atoms with Crippen LogP contribution in [-0.2, 0) is 13.6 Å². The summed E-state index contributed by atoms with van der Waals surface area (Å²) in [6, 6.07) is 6.29. The van der Waals surface area contributed by atoms with Crippen LogP contribution in [0.5, 0.6) is 0 Å². The van der Waals surface area contributed by atoms with Gasteiger partial charge in [-0.2, -0.15) is 10.2 Å². The highest BCUT2D eigenvalue weighted by molar-refractivity contribution is 6.05. The molecule has 2 atom stereocenters. The van der Waals surface area contributed by atoms with Crippen LogP contribution in [0, 0.1) is 5.92 Å². The molecule has 3 heterocycles. The molecule has 1 amide bonds. The van der Waals surface area contributed by atoms with E-state index in [0.29, 0.717) is 11.6 Å². The summed E-state index contributed by atoms with van der Waals surface area (Å²) >= 11 is 0. The molecule has 2 N–H and O–H groups in total. The summed E-state index contributed by atoms with van der Waals surface area (Å²) in [6.45, 7) is 6.86. The lowest BCUT2D eigenvalue weighted by Gasteiger charge is -2.22. The van der Waals surface area contributed by atoms with Crippen LogP contribution in [0.25, 0.3) is 27.5 Å². The molecule has 0 saturated carbocycles. The van der Waals surface area contributed by atoms with E-state index in [-0.39, 0.29) is 11.9 Å². The number of nitrogens with one attached hydrogen (secondary N) is 2. The van der Waals surface area contributed by atoms with E-state index in [1.165, 1.54) is 5.01 Å². The summed E-state index contributed by atoms with van der Waals surface area (Å²) < 4.78 is 3.75. The molecule has 154 valence electrons. The van der Waals surface area contributed by atoms with Crippen LogP contribution in [0.4, 0.5) is 0 Å². The molecule has 1 aromatic carbocycles. The fourth-order valence-corrected chi connectivity index (χ4v) is 3.99. The molecule has 29 heavy (non-hydrogen) atoms. The quantitative estimate of drug-likeness (QED) is 0.662. The van der Waals surface area contributed by atoms with Crippen LogP contribution in [-0.4, -0.2) is 51.6 Å². The van der Waals surface area contributed by atoms with Crippen molar-refractivity contribution in [2.24, 2.45) is 13.0 Å². The number of hydrogen-bond acceptors (Lipinski definition) is 3. The zero-order valence-electron chi connectivity index (χ0n) is 17.5. The second-order valence-corrected chi connectivity index (χ2v) is 8.26. The van der Waals surface area contributed by atoms with Gasteiger partial charge in [-0.1, -0.05) is 19.9 Å². The average Bonchev–Trinajstić information content (AvgIpc) is 3.40. The van der Waals surface area contributed by atoms with E-state index >= 15 is 0 Å². The molecule has 2 aromatic heterocycles. The fraction of sp³-hybridized carbons (Fsp3) is 0.476. The molecule has 8 heteroatoms. The minimum absolute atomic E-state index is 0.103. The Labute approximate surface area is 170 Å². The number of rotatable bonds is 6. The molecule has 1 aliphatic heterocycles. The van der Waals surface area contributed by atoms with Gasteiger partial charge < -0.3 is 15.8 Å². The summed E-state index contributed by atoms with van der Waals surface area (Å²) in [5.74, 6) is 0.322. The molecule has 0 radical (unpaired) electrons. The fourth-order valence-electron chi connectivity index (χ4n) is 3.99. The summed E-state index contributed by atoms with van der Waals surface area (Å²) in [5, 5.41) is 14.2. The predicted octanol–water partition coefficient (Wildman–Crippen LogP) is 1.40. The Morgan fingerprint density at radius 1 is 1.38 bits per heavy atom. The monoisotopic (exact) mass is 395 g/mol. The van der Waals surface area contributed by atoms with Crippen molar-refractivity contribution in [3.05, 3.63) is 41.7 Å². The van der Waals surface area contributed by atoms with Gasteiger partial charge in [0.2, 0.25) is 0 Å². The van der Waals surface area contributed by atoms with Gasteiger partial charge in [-0.25, -0.2) is 0 Å². The third kappa shape index (κ3) is 4.04. The number of quaternary nitrogens is 1. The molecule has 4 rings (SSSR count). The number of fused-ring (bicyclic) bond motifs is 1. The van der Waals surface area contributed by atoms with Crippen LogP contribution in [0.15, 0.2) is 30.6 Å². The minimum Gasteiger partial charge on any atom is -0.457 e. The van der Waals surface area contributed by atoms with E-state index in [2.05, 4.69) is 35.8 Å². The van der Waals surface area contributed by atoms with Gasteiger partial charge in [0.05, 0.1) is 30.8 Å². The number of carbonyl (C=O) groups is 1. The molecule has 1 saturated heterocycles. The lowest BCUT2D eigenvalue weighted by Crippen LogP contribution is -3.06. The Morgan fingerprint density at radius 2 is 2.21 bits per heavy atom. The predicted molar refractivity (Wildman–Crippen MR) is 113 cm³/mol. The normalized spacial score (nSPS) is 19.3.